The highest BCUT2D eigenvalue weighted by Gasteiger charge is 1.94. The Kier molecular flexibility index (Phi) is 1.10. The van der Waals surface area contributed by atoms with Crippen LogP contribution < -0.4 is 0 Å². The minimum atomic E-state index is -0.431. The lowest BCUT2D eigenvalue weighted by Gasteiger charge is -1.71. The Morgan fingerprint density at radius 1 is 1.86 bits per heavy atom. The smallest absolute Gasteiger partial charge is 0.223 e. The van der Waals surface area contributed by atoms with E-state index in [9.17, 15) is 4.39 Å². The van der Waals surface area contributed by atoms with Crippen molar-refractivity contribution in [1.82, 2.24) is 10.2 Å². The van der Waals surface area contributed by atoms with E-state index in [0.717, 1.165) is 0 Å². The molecule has 0 amide bonds. The van der Waals surface area contributed by atoms with Gasteiger partial charge >= 0.3 is 0 Å². The van der Waals surface area contributed by atoms with Gasteiger partial charge in [-0.25, -0.2) is 0 Å². The molecule has 0 spiro atoms. The molecule has 0 aliphatic rings. The summed E-state index contributed by atoms with van der Waals surface area (Å²) >= 11 is 2.90. The average molecular weight is 165 g/mol. The van der Waals surface area contributed by atoms with Crippen molar-refractivity contribution >= 4 is 15.9 Å². The summed E-state index contributed by atoms with van der Waals surface area (Å²) in [6.07, 6.45) is 1.36. The Morgan fingerprint density at radius 2 is 2.57 bits per heavy atom. The number of nitrogens with zero attached hydrogens (tertiary/aromatic N) is 1. The molecule has 0 saturated carbocycles. The molecule has 4 heteroatoms. The highest BCUT2D eigenvalue weighted by atomic mass is 79.9. The van der Waals surface area contributed by atoms with Gasteiger partial charge in [-0.15, -0.1) is 0 Å². The predicted molar refractivity (Wildman–Crippen MR) is 26.2 cm³/mol. The Hall–Kier alpha value is -0.380. The van der Waals surface area contributed by atoms with Crippen molar-refractivity contribution in [2.24, 2.45) is 0 Å². The third-order valence-corrected chi connectivity index (χ3v) is 1.10. The van der Waals surface area contributed by atoms with Crippen LogP contribution in [0.15, 0.2) is 10.7 Å². The molecule has 0 aliphatic heterocycles. The molecule has 2 nitrogen and oxygen atoms in total. The molecule has 1 N–H and O–H groups in total. The minimum absolute atomic E-state index is 0.368. The van der Waals surface area contributed by atoms with Crippen LogP contribution in [0.1, 0.15) is 0 Å². The van der Waals surface area contributed by atoms with E-state index in [1.807, 2.05) is 0 Å². The van der Waals surface area contributed by atoms with Crippen molar-refractivity contribution in [3.05, 3.63) is 16.6 Å². The van der Waals surface area contributed by atoms with Gasteiger partial charge < -0.3 is 0 Å². The third kappa shape index (κ3) is 0.796. The van der Waals surface area contributed by atoms with Gasteiger partial charge in [0.25, 0.3) is 0 Å². The van der Waals surface area contributed by atoms with Gasteiger partial charge in [-0.05, 0) is 15.9 Å². The highest BCUT2D eigenvalue weighted by Crippen LogP contribution is 2.08. The summed E-state index contributed by atoms with van der Waals surface area (Å²) < 4.78 is 12.3. The molecular weight excluding hydrogens is 163 g/mol. The van der Waals surface area contributed by atoms with Crippen LogP contribution >= 0.6 is 15.9 Å². The number of aromatic nitrogens is 2. The molecule has 0 fully saturated rings. The van der Waals surface area contributed by atoms with Crippen molar-refractivity contribution in [2.45, 2.75) is 0 Å². The van der Waals surface area contributed by atoms with Gasteiger partial charge in [0.2, 0.25) is 5.95 Å². The van der Waals surface area contributed by atoms with E-state index in [1.54, 1.807) is 0 Å². The second-order valence-electron chi connectivity index (χ2n) is 1.03. The van der Waals surface area contributed by atoms with Crippen LogP contribution in [0.3, 0.4) is 0 Å². The van der Waals surface area contributed by atoms with E-state index in [-0.39, 0.29) is 0 Å². The summed E-state index contributed by atoms with van der Waals surface area (Å²) in [5.41, 5.74) is 0. The maximum atomic E-state index is 11.9. The molecule has 1 rings (SSSR count). The Bertz CT molecular complexity index is 145. The Labute approximate surface area is 47.9 Å². The Morgan fingerprint density at radius 3 is 2.71 bits per heavy atom. The fourth-order valence-electron chi connectivity index (χ4n) is 0.256. The summed E-state index contributed by atoms with van der Waals surface area (Å²) in [4.78, 5) is 0. The zero-order chi connectivity index (χ0) is 5.28. The first-order valence-electron chi connectivity index (χ1n) is 1.65. The molecule has 1 aromatic heterocycles. The second kappa shape index (κ2) is 1.61. The van der Waals surface area contributed by atoms with Gasteiger partial charge in [0.15, 0.2) is 0 Å². The highest BCUT2D eigenvalue weighted by molar-refractivity contribution is 9.10. The zero-order valence-electron chi connectivity index (χ0n) is 3.28. The number of hydrogen-bond acceptors (Lipinski definition) is 1. The first-order valence-corrected chi connectivity index (χ1v) is 2.44. The van der Waals surface area contributed by atoms with Crippen molar-refractivity contribution in [3.63, 3.8) is 0 Å². The van der Waals surface area contributed by atoms with Crippen molar-refractivity contribution in [1.29, 1.82) is 0 Å². The van der Waals surface area contributed by atoms with E-state index < -0.39 is 5.95 Å². The molecule has 0 saturated heterocycles. The maximum Gasteiger partial charge on any atom is 0.223 e. The van der Waals surface area contributed by atoms with E-state index >= 15 is 0 Å². The summed E-state index contributed by atoms with van der Waals surface area (Å²) in [5, 5.41) is 5.48. The fourth-order valence-corrected chi connectivity index (χ4v) is 0.447. The lowest BCUT2D eigenvalue weighted by Crippen LogP contribution is -1.69. The third-order valence-electron chi connectivity index (χ3n) is 0.550. The van der Waals surface area contributed by atoms with E-state index in [4.69, 9.17) is 0 Å². The van der Waals surface area contributed by atoms with Gasteiger partial charge in [0.1, 0.15) is 0 Å². The lowest BCUT2D eigenvalue weighted by molar-refractivity contribution is 0.574. The van der Waals surface area contributed by atoms with E-state index in [1.165, 1.54) is 6.20 Å². The van der Waals surface area contributed by atoms with Gasteiger partial charge in [0.05, 0.1) is 10.7 Å². The molecular formula is C3H2BrFN2. The summed E-state index contributed by atoms with van der Waals surface area (Å²) in [6.45, 7) is 0. The summed E-state index contributed by atoms with van der Waals surface area (Å²) in [7, 11) is 0. The first-order chi connectivity index (χ1) is 3.30. The molecule has 0 aromatic carbocycles. The number of H-pyrrole nitrogens is 1. The number of nitrogens with one attached hydrogen (secondary N) is 1. The predicted octanol–water partition coefficient (Wildman–Crippen LogP) is 1.31. The number of hydrogen-bond donors (Lipinski definition) is 1. The van der Waals surface area contributed by atoms with Crippen LogP contribution in [0.2, 0.25) is 0 Å². The largest absolute Gasteiger partial charge is 0.252 e. The monoisotopic (exact) mass is 164 g/mol. The molecule has 1 aromatic rings. The van der Waals surface area contributed by atoms with Gasteiger partial charge in [-0.1, -0.05) is 0 Å². The van der Waals surface area contributed by atoms with E-state index in [2.05, 4.69) is 26.1 Å². The van der Waals surface area contributed by atoms with Gasteiger partial charge in [0, 0.05) is 0 Å². The molecule has 0 radical (unpaired) electrons. The molecule has 0 aliphatic carbocycles. The van der Waals surface area contributed by atoms with Crippen molar-refractivity contribution in [3.8, 4) is 0 Å². The van der Waals surface area contributed by atoms with Gasteiger partial charge in [-0.2, -0.15) is 9.49 Å². The Balaban J connectivity index is 3.12. The van der Waals surface area contributed by atoms with E-state index in [0.29, 0.717) is 4.47 Å². The second-order valence-corrected chi connectivity index (χ2v) is 1.89. The number of aromatic amines is 1. The maximum absolute atomic E-state index is 11.9. The first kappa shape index (κ1) is 4.77. The van der Waals surface area contributed by atoms with Crippen LogP contribution in [-0.4, -0.2) is 10.2 Å². The van der Waals surface area contributed by atoms with Crippen LogP contribution in [0.5, 0.6) is 0 Å². The zero-order valence-corrected chi connectivity index (χ0v) is 4.87. The lowest BCUT2D eigenvalue weighted by atomic mass is 10.7. The summed E-state index contributed by atoms with van der Waals surface area (Å²) in [5.74, 6) is -0.431. The number of halogens is 2. The minimum Gasteiger partial charge on any atom is -0.252 e. The van der Waals surface area contributed by atoms with Crippen LogP contribution in [0.4, 0.5) is 4.39 Å². The van der Waals surface area contributed by atoms with Crippen LogP contribution in [-0.2, 0) is 0 Å². The van der Waals surface area contributed by atoms with Crippen LogP contribution in [0.25, 0.3) is 0 Å². The molecule has 0 bridgehead atoms. The molecule has 38 valence electrons. The fraction of sp³-hybridized carbons (Fsp3) is 0. The van der Waals surface area contributed by atoms with Gasteiger partial charge in [-0.3, -0.25) is 5.10 Å². The molecule has 7 heavy (non-hydrogen) atoms. The van der Waals surface area contributed by atoms with Crippen molar-refractivity contribution in [2.75, 3.05) is 0 Å². The molecule has 0 unspecified atom stereocenters. The SMILES string of the molecule is Fc1[nH]ncc1Br. The molecule has 0 atom stereocenters. The number of rotatable bonds is 0. The average Bonchev–Trinajstić information content (AvgIpc) is 1.91. The van der Waals surface area contributed by atoms with Crippen molar-refractivity contribution < 1.29 is 4.39 Å². The quantitative estimate of drug-likeness (QED) is 0.616. The van der Waals surface area contributed by atoms with Crippen LogP contribution in [0, 0.1) is 5.95 Å². The molecule has 1 heterocycles. The standard InChI is InChI=1S/C3H2BrFN2/c4-2-1-6-7-3(2)5/h1H,(H,6,7). The normalized spacial score (nSPS) is 9.43. The topological polar surface area (TPSA) is 28.7 Å². The summed E-state index contributed by atoms with van der Waals surface area (Å²) in [6, 6.07) is 0.